The van der Waals surface area contributed by atoms with Crippen LogP contribution in [0.4, 0.5) is 8.78 Å². The molecule has 0 saturated carbocycles. The van der Waals surface area contributed by atoms with Gasteiger partial charge in [-0.3, -0.25) is 14.6 Å². The van der Waals surface area contributed by atoms with E-state index < -0.39 is 34.7 Å². The van der Waals surface area contributed by atoms with E-state index in [1.54, 1.807) is 14.1 Å². The first kappa shape index (κ1) is 33.4. The third-order valence-corrected chi connectivity index (χ3v) is 9.50. The van der Waals surface area contributed by atoms with Crippen LogP contribution in [-0.2, 0) is 26.0 Å². The third-order valence-electron chi connectivity index (χ3n) is 6.95. The maximum atomic E-state index is 13.7. The number of sulfonamides is 1. The minimum Gasteiger partial charge on any atom is -0.493 e. The number of rotatable bonds is 11. The van der Waals surface area contributed by atoms with Gasteiger partial charge < -0.3 is 19.1 Å². The first-order valence-corrected chi connectivity index (χ1v) is 15.5. The predicted molar refractivity (Wildman–Crippen MR) is 158 cm³/mol. The number of carbonyl (C=O) groups excluding carboxylic acids is 2. The summed E-state index contributed by atoms with van der Waals surface area (Å²) in [5.41, 5.74) is 0.892. The van der Waals surface area contributed by atoms with E-state index in [0.717, 1.165) is 4.31 Å². The highest BCUT2D eigenvalue weighted by Crippen LogP contribution is 2.37. The largest absolute Gasteiger partial charge is 0.493 e. The number of aromatic nitrogens is 1. The van der Waals surface area contributed by atoms with Crippen LogP contribution in [0.5, 0.6) is 11.5 Å². The number of esters is 1. The zero-order valence-corrected chi connectivity index (χ0v) is 26.2. The second kappa shape index (κ2) is 14.1. The molecule has 2 aromatic carbocycles. The van der Waals surface area contributed by atoms with E-state index in [4.69, 9.17) is 32.7 Å². The van der Waals surface area contributed by atoms with Gasteiger partial charge in [0.1, 0.15) is 12.1 Å². The number of benzene rings is 2. The third kappa shape index (κ3) is 7.40. The van der Waals surface area contributed by atoms with Crippen LogP contribution in [0.1, 0.15) is 40.4 Å². The molecule has 0 radical (unpaired) electrons. The molecule has 0 bridgehead atoms. The Morgan fingerprint density at radius 2 is 1.80 bits per heavy atom. The Labute approximate surface area is 263 Å². The molecular formula is C29H29Cl2F2N3O7S. The molecule has 2 atom stereocenters. The zero-order chi connectivity index (χ0) is 32.2. The Bertz CT molecular complexity index is 1620. The molecule has 1 aliphatic heterocycles. The molecule has 1 aliphatic rings. The molecule has 4 rings (SSSR count). The van der Waals surface area contributed by atoms with Crippen molar-refractivity contribution in [1.29, 1.82) is 0 Å². The summed E-state index contributed by atoms with van der Waals surface area (Å²) >= 11 is 12.7. The first-order chi connectivity index (χ1) is 20.8. The van der Waals surface area contributed by atoms with Crippen LogP contribution >= 0.6 is 23.2 Å². The van der Waals surface area contributed by atoms with Gasteiger partial charge in [-0.2, -0.15) is 13.1 Å². The minimum absolute atomic E-state index is 0.0482. The number of methoxy groups -OCH3 is 1. The SMILES string of the molecule is COc1cc(C(Cc2c(Cl)cncc2Cl)OC(=O)C2CCCN2S(=O)(=O)c2cccc(C(=O)N(C)C)c2)ccc1OC(F)F. The molecule has 0 spiro atoms. The summed E-state index contributed by atoms with van der Waals surface area (Å²) in [6, 6.07) is 8.43. The predicted octanol–water partition coefficient (Wildman–Crippen LogP) is 5.38. The molecule has 1 aromatic heterocycles. The van der Waals surface area contributed by atoms with Gasteiger partial charge in [-0.25, -0.2) is 8.42 Å². The standard InChI is InChI=1S/C29H29Cl2F2N3O7S/c1-35(2)27(37)18-6-4-7-19(12-18)44(39,40)36-11-5-8-23(36)28(38)42-25(14-20-21(30)15-34-16-22(20)31)17-9-10-24(43-29(32)33)26(13-17)41-3/h4,6-7,9-10,12-13,15-16,23,25,29H,5,8,11,14H2,1-3H3. The molecule has 44 heavy (non-hydrogen) atoms. The summed E-state index contributed by atoms with van der Waals surface area (Å²) in [5.74, 6) is -1.51. The summed E-state index contributed by atoms with van der Waals surface area (Å²) in [7, 11) is 0.148. The normalized spacial score (nSPS) is 16.0. The molecule has 2 unspecified atom stereocenters. The number of hydrogen-bond donors (Lipinski definition) is 0. The molecule has 0 aliphatic carbocycles. The molecule has 0 N–H and O–H groups in total. The van der Waals surface area contributed by atoms with E-state index in [0.29, 0.717) is 17.5 Å². The summed E-state index contributed by atoms with van der Waals surface area (Å²) in [5, 5.41) is 0.390. The smallest absolute Gasteiger partial charge is 0.387 e. The van der Waals surface area contributed by atoms with Gasteiger partial charge >= 0.3 is 12.6 Å². The molecule has 10 nitrogen and oxygen atoms in total. The lowest BCUT2D eigenvalue weighted by molar-refractivity contribution is -0.153. The highest BCUT2D eigenvalue weighted by atomic mass is 35.5. The maximum absolute atomic E-state index is 13.7. The zero-order valence-electron chi connectivity index (χ0n) is 23.9. The lowest BCUT2D eigenvalue weighted by Crippen LogP contribution is -2.42. The van der Waals surface area contributed by atoms with Crippen LogP contribution < -0.4 is 9.47 Å². The fourth-order valence-electron chi connectivity index (χ4n) is 4.79. The summed E-state index contributed by atoms with van der Waals surface area (Å²) in [6.07, 6.45) is 2.14. The van der Waals surface area contributed by atoms with Crippen LogP contribution in [0.3, 0.4) is 0 Å². The van der Waals surface area contributed by atoms with E-state index in [2.05, 4.69) is 9.72 Å². The number of carbonyl (C=O) groups is 2. The number of hydrogen-bond acceptors (Lipinski definition) is 8. The Balaban J connectivity index is 1.67. The van der Waals surface area contributed by atoms with Crippen molar-refractivity contribution in [2.45, 2.75) is 42.9 Å². The molecule has 1 fully saturated rings. The number of nitrogens with zero attached hydrogens (tertiary/aromatic N) is 3. The lowest BCUT2D eigenvalue weighted by Gasteiger charge is -2.26. The van der Waals surface area contributed by atoms with Gasteiger partial charge in [-0.15, -0.1) is 0 Å². The number of ether oxygens (including phenoxy) is 3. The van der Waals surface area contributed by atoms with Gasteiger partial charge in [-0.1, -0.05) is 35.3 Å². The van der Waals surface area contributed by atoms with Crippen LogP contribution in [-0.4, -0.2) is 74.9 Å². The average molecular weight is 673 g/mol. The van der Waals surface area contributed by atoms with Crippen LogP contribution in [0.15, 0.2) is 59.8 Å². The maximum Gasteiger partial charge on any atom is 0.387 e. The van der Waals surface area contributed by atoms with Gasteiger partial charge in [0.25, 0.3) is 5.91 Å². The van der Waals surface area contributed by atoms with Crippen molar-refractivity contribution in [1.82, 2.24) is 14.2 Å². The van der Waals surface area contributed by atoms with Crippen LogP contribution in [0.25, 0.3) is 0 Å². The van der Waals surface area contributed by atoms with Crippen molar-refractivity contribution in [2.24, 2.45) is 0 Å². The number of alkyl halides is 2. The van der Waals surface area contributed by atoms with Crippen molar-refractivity contribution in [3.8, 4) is 11.5 Å². The van der Waals surface area contributed by atoms with Gasteiger partial charge in [0.05, 0.1) is 22.1 Å². The van der Waals surface area contributed by atoms with Gasteiger partial charge in [-0.05, 0) is 54.3 Å². The number of halogens is 4. The van der Waals surface area contributed by atoms with Gasteiger partial charge in [0.2, 0.25) is 10.0 Å². The van der Waals surface area contributed by atoms with Crippen molar-refractivity contribution in [2.75, 3.05) is 27.7 Å². The van der Waals surface area contributed by atoms with E-state index in [-0.39, 0.29) is 57.3 Å². The topological polar surface area (TPSA) is 115 Å². The van der Waals surface area contributed by atoms with Crippen molar-refractivity contribution in [3.63, 3.8) is 0 Å². The number of amides is 1. The second-order valence-electron chi connectivity index (χ2n) is 10.0. The molecule has 236 valence electrons. The fourth-order valence-corrected chi connectivity index (χ4v) is 7.00. The van der Waals surface area contributed by atoms with Gasteiger partial charge in [0, 0.05) is 45.0 Å². The quantitative estimate of drug-likeness (QED) is 0.250. The van der Waals surface area contributed by atoms with E-state index in [1.165, 1.54) is 66.9 Å². The molecule has 1 saturated heterocycles. The Kier molecular flexibility index (Phi) is 10.7. The van der Waals surface area contributed by atoms with E-state index in [1.807, 2.05) is 0 Å². The Morgan fingerprint density at radius 1 is 1.09 bits per heavy atom. The van der Waals surface area contributed by atoms with E-state index >= 15 is 0 Å². The van der Waals surface area contributed by atoms with E-state index in [9.17, 15) is 26.8 Å². The molecular weight excluding hydrogens is 643 g/mol. The summed E-state index contributed by atoms with van der Waals surface area (Å²) < 4.78 is 69.9. The van der Waals surface area contributed by atoms with Gasteiger partial charge in [0.15, 0.2) is 11.5 Å². The first-order valence-electron chi connectivity index (χ1n) is 13.3. The second-order valence-corrected chi connectivity index (χ2v) is 12.7. The molecule has 1 amide bonds. The summed E-state index contributed by atoms with van der Waals surface area (Å²) in [6.45, 7) is -3.05. The molecule has 15 heteroatoms. The van der Waals surface area contributed by atoms with Crippen molar-refractivity contribution < 1.29 is 41.0 Å². The highest BCUT2D eigenvalue weighted by molar-refractivity contribution is 7.89. The molecule has 2 heterocycles. The van der Waals surface area contributed by atoms with Crippen molar-refractivity contribution in [3.05, 3.63) is 81.6 Å². The Hall–Kier alpha value is -3.52. The fraction of sp³-hybridized carbons (Fsp3) is 0.345. The molecule has 3 aromatic rings. The minimum atomic E-state index is -4.21. The van der Waals surface area contributed by atoms with Crippen LogP contribution in [0, 0.1) is 0 Å². The lowest BCUT2D eigenvalue weighted by atomic mass is 10.0. The monoisotopic (exact) mass is 671 g/mol. The van der Waals surface area contributed by atoms with Crippen LogP contribution in [0.2, 0.25) is 10.0 Å². The number of pyridine rings is 1. The highest BCUT2D eigenvalue weighted by Gasteiger charge is 2.41. The Morgan fingerprint density at radius 3 is 2.43 bits per heavy atom. The van der Waals surface area contributed by atoms with Crippen molar-refractivity contribution >= 4 is 45.1 Å². The average Bonchev–Trinajstić information content (AvgIpc) is 3.49. The summed E-state index contributed by atoms with van der Waals surface area (Å²) in [4.78, 5) is 31.3.